The Hall–Kier alpha value is -3.16. The van der Waals surface area contributed by atoms with Crippen molar-refractivity contribution in [3.8, 4) is 0 Å². The fraction of sp³-hybridized carbons (Fsp3) is 0.556. The van der Waals surface area contributed by atoms with Gasteiger partial charge in [0, 0.05) is 24.9 Å². The predicted molar refractivity (Wildman–Crippen MR) is 136 cm³/mol. The average Bonchev–Trinajstić information content (AvgIpc) is 3.35. The lowest BCUT2D eigenvalue weighted by Crippen LogP contribution is -2.45. The van der Waals surface area contributed by atoms with Crippen molar-refractivity contribution in [1.29, 1.82) is 0 Å². The highest BCUT2D eigenvalue weighted by atomic mass is 16.2. The van der Waals surface area contributed by atoms with Gasteiger partial charge in [0.05, 0.1) is 12.6 Å². The van der Waals surface area contributed by atoms with Crippen molar-refractivity contribution < 1.29 is 19.2 Å². The Kier molecular flexibility index (Phi) is 9.07. The minimum atomic E-state index is -0.515. The average molecular weight is 483 g/mol. The number of carbonyl (C=O) groups is 4. The van der Waals surface area contributed by atoms with Crippen LogP contribution in [0.3, 0.4) is 0 Å². The summed E-state index contributed by atoms with van der Waals surface area (Å²) >= 11 is 0. The molecule has 0 saturated carbocycles. The van der Waals surface area contributed by atoms with Crippen molar-refractivity contribution in [2.45, 2.75) is 71.4 Å². The van der Waals surface area contributed by atoms with Gasteiger partial charge in [0.1, 0.15) is 6.04 Å². The first-order valence-corrected chi connectivity index (χ1v) is 12.6. The van der Waals surface area contributed by atoms with E-state index in [2.05, 4.69) is 16.7 Å². The van der Waals surface area contributed by atoms with Crippen LogP contribution in [0.4, 0.5) is 5.69 Å². The summed E-state index contributed by atoms with van der Waals surface area (Å²) in [6, 6.07) is 5.24. The van der Waals surface area contributed by atoms with E-state index in [1.54, 1.807) is 29.8 Å². The van der Waals surface area contributed by atoms with Crippen LogP contribution in [0.5, 0.6) is 0 Å². The molecule has 190 valence electrons. The largest absolute Gasteiger partial charge is 0.350 e. The number of likely N-dealkylation sites (N-methyl/N-ethyl adjacent to an activating group) is 1. The number of nitrogens with zero attached hydrogens (tertiary/aromatic N) is 2. The summed E-state index contributed by atoms with van der Waals surface area (Å²) in [5.74, 6) is -0.507. The number of rotatable bonds is 9. The van der Waals surface area contributed by atoms with Gasteiger partial charge in [-0.1, -0.05) is 32.1 Å². The number of amides is 4. The van der Waals surface area contributed by atoms with Crippen LogP contribution in [-0.2, 0) is 32.0 Å². The first-order valence-electron chi connectivity index (χ1n) is 12.6. The minimum Gasteiger partial charge on any atom is -0.350 e. The molecule has 1 aliphatic heterocycles. The topological polar surface area (TPSA) is 98.8 Å². The predicted octanol–water partition coefficient (Wildman–Crippen LogP) is 2.67. The molecule has 3 rings (SSSR count). The van der Waals surface area contributed by atoms with E-state index < -0.39 is 6.04 Å². The summed E-state index contributed by atoms with van der Waals surface area (Å²) in [6.07, 6.45) is 7.99. The highest BCUT2D eigenvalue weighted by Crippen LogP contribution is 2.29. The molecule has 2 atom stereocenters. The number of hydrogen-bond acceptors (Lipinski definition) is 4. The van der Waals surface area contributed by atoms with Crippen LogP contribution in [0.25, 0.3) is 0 Å². The van der Waals surface area contributed by atoms with E-state index in [0.29, 0.717) is 24.9 Å². The Bertz CT molecular complexity index is 987. The zero-order valence-electron chi connectivity index (χ0n) is 21.3. The molecule has 0 bridgehead atoms. The molecule has 1 fully saturated rings. The Morgan fingerprint density at radius 3 is 2.63 bits per heavy atom. The van der Waals surface area contributed by atoms with Gasteiger partial charge in [0.15, 0.2) is 0 Å². The number of likely N-dealkylation sites (tertiary alicyclic amines) is 1. The first-order chi connectivity index (χ1) is 16.7. The van der Waals surface area contributed by atoms with Crippen LogP contribution in [0.15, 0.2) is 29.8 Å². The molecule has 35 heavy (non-hydrogen) atoms. The smallest absolute Gasteiger partial charge is 0.249 e. The molecule has 1 heterocycles. The number of aryl methyl sites for hydroxylation is 1. The summed E-state index contributed by atoms with van der Waals surface area (Å²) in [7, 11) is 1.67. The van der Waals surface area contributed by atoms with Gasteiger partial charge in [0.25, 0.3) is 0 Å². The van der Waals surface area contributed by atoms with E-state index in [0.717, 1.165) is 31.4 Å². The van der Waals surface area contributed by atoms with Crippen molar-refractivity contribution in [2.75, 3.05) is 25.5 Å². The highest BCUT2D eigenvalue weighted by molar-refractivity contribution is 6.01. The third-order valence-corrected chi connectivity index (χ3v) is 7.09. The van der Waals surface area contributed by atoms with Gasteiger partial charge < -0.3 is 20.4 Å². The standard InChI is InChI=1S/C27H38N4O4/c1-18(2)24(30(4)25(33)16-28-17-32)15-19(3)27(35)31-14-8-13-23(31)26(34)29-22-12-7-10-20-9-5-6-11-21(20)22/h7,10,12,15,17-18,23-24H,5-6,8-9,11,13-14,16H2,1-4H3,(H,28,32)(H,29,34)/b19-15+/t23-,24+/m0/s1. The summed E-state index contributed by atoms with van der Waals surface area (Å²) in [5.41, 5.74) is 3.88. The number of carbonyl (C=O) groups excluding carboxylic acids is 4. The maximum Gasteiger partial charge on any atom is 0.249 e. The molecular weight excluding hydrogens is 444 g/mol. The zero-order chi connectivity index (χ0) is 25.5. The third-order valence-electron chi connectivity index (χ3n) is 7.09. The molecule has 0 spiro atoms. The molecule has 0 unspecified atom stereocenters. The Morgan fingerprint density at radius 1 is 1.17 bits per heavy atom. The van der Waals surface area contributed by atoms with Crippen LogP contribution in [-0.4, -0.2) is 66.2 Å². The van der Waals surface area contributed by atoms with Crippen molar-refractivity contribution in [2.24, 2.45) is 5.92 Å². The van der Waals surface area contributed by atoms with Crippen molar-refractivity contribution >= 4 is 29.8 Å². The number of fused-ring (bicyclic) bond motifs is 1. The van der Waals surface area contributed by atoms with Crippen LogP contribution in [0.1, 0.15) is 57.6 Å². The fourth-order valence-electron chi connectivity index (χ4n) is 5.12. The number of anilines is 1. The van der Waals surface area contributed by atoms with Crippen LogP contribution < -0.4 is 10.6 Å². The molecule has 1 aromatic rings. The molecule has 0 aromatic heterocycles. The number of nitrogens with one attached hydrogen (secondary N) is 2. The van der Waals surface area contributed by atoms with E-state index in [4.69, 9.17) is 0 Å². The molecule has 2 aliphatic rings. The lowest BCUT2D eigenvalue weighted by atomic mass is 9.90. The lowest BCUT2D eigenvalue weighted by molar-refractivity contribution is -0.133. The van der Waals surface area contributed by atoms with Crippen molar-refractivity contribution in [3.05, 3.63) is 41.0 Å². The Labute approximate surface area is 208 Å². The minimum absolute atomic E-state index is 0.0601. The summed E-state index contributed by atoms with van der Waals surface area (Å²) in [5, 5.41) is 5.50. The molecule has 1 aromatic carbocycles. The second-order valence-electron chi connectivity index (χ2n) is 9.88. The van der Waals surface area contributed by atoms with Gasteiger partial charge in [-0.05, 0) is 68.6 Å². The fourth-order valence-corrected chi connectivity index (χ4v) is 5.12. The summed E-state index contributed by atoms with van der Waals surface area (Å²) in [4.78, 5) is 52.8. The SMILES string of the molecule is C/C(=C\[C@H](C(C)C)N(C)C(=O)CNC=O)C(=O)N1CCC[C@H]1C(=O)Nc1cccc2c1CCCC2. The van der Waals surface area contributed by atoms with Crippen LogP contribution in [0, 0.1) is 5.92 Å². The molecule has 0 radical (unpaired) electrons. The molecule has 1 saturated heterocycles. The second-order valence-corrected chi connectivity index (χ2v) is 9.88. The second kappa shape index (κ2) is 12.0. The third kappa shape index (κ3) is 6.29. The number of benzene rings is 1. The maximum absolute atomic E-state index is 13.4. The zero-order valence-corrected chi connectivity index (χ0v) is 21.3. The monoisotopic (exact) mass is 482 g/mol. The van der Waals surface area contributed by atoms with E-state index in [1.807, 2.05) is 26.0 Å². The van der Waals surface area contributed by atoms with Crippen molar-refractivity contribution in [1.82, 2.24) is 15.1 Å². The Balaban J connectivity index is 1.73. The van der Waals surface area contributed by atoms with E-state index in [9.17, 15) is 19.2 Å². The van der Waals surface area contributed by atoms with Gasteiger partial charge in [-0.3, -0.25) is 19.2 Å². The normalized spacial score (nSPS) is 18.6. The van der Waals surface area contributed by atoms with Crippen LogP contribution in [0.2, 0.25) is 0 Å². The van der Waals surface area contributed by atoms with Gasteiger partial charge in [-0.15, -0.1) is 0 Å². The van der Waals surface area contributed by atoms with E-state index >= 15 is 0 Å². The van der Waals surface area contributed by atoms with E-state index in [1.165, 1.54) is 17.5 Å². The molecule has 1 aliphatic carbocycles. The first kappa shape index (κ1) is 26.4. The molecule has 8 heteroatoms. The highest BCUT2D eigenvalue weighted by Gasteiger charge is 2.35. The number of hydrogen-bond donors (Lipinski definition) is 2. The molecule has 8 nitrogen and oxygen atoms in total. The van der Waals surface area contributed by atoms with Gasteiger partial charge >= 0.3 is 0 Å². The lowest BCUT2D eigenvalue weighted by Gasteiger charge is -2.30. The van der Waals surface area contributed by atoms with E-state index in [-0.39, 0.29) is 36.2 Å². The summed E-state index contributed by atoms with van der Waals surface area (Å²) in [6.45, 7) is 6.12. The van der Waals surface area contributed by atoms with Crippen LogP contribution >= 0.6 is 0 Å². The van der Waals surface area contributed by atoms with Gasteiger partial charge in [-0.25, -0.2) is 0 Å². The molecule has 4 amide bonds. The maximum atomic E-state index is 13.4. The molecular formula is C27H38N4O4. The summed E-state index contributed by atoms with van der Waals surface area (Å²) < 4.78 is 0. The van der Waals surface area contributed by atoms with Gasteiger partial charge in [0.2, 0.25) is 24.1 Å². The van der Waals surface area contributed by atoms with Gasteiger partial charge in [-0.2, -0.15) is 0 Å². The van der Waals surface area contributed by atoms with Crippen molar-refractivity contribution in [3.63, 3.8) is 0 Å². The molecule has 2 N–H and O–H groups in total. The Morgan fingerprint density at radius 2 is 1.91 bits per heavy atom. The quantitative estimate of drug-likeness (QED) is 0.418.